The number of nitrogens with one attached hydrogen (secondary N) is 1. The quantitative estimate of drug-likeness (QED) is 0.468. The Morgan fingerprint density at radius 2 is 1.97 bits per heavy atom. The van der Waals surface area contributed by atoms with Crippen molar-refractivity contribution >= 4 is 27.9 Å². The van der Waals surface area contributed by atoms with Crippen molar-refractivity contribution in [2.45, 2.75) is 12.6 Å². The smallest absolute Gasteiger partial charge is 0.416 e. The van der Waals surface area contributed by atoms with Crippen LogP contribution in [-0.2, 0) is 17.4 Å². The fraction of sp³-hybridized carbons (Fsp3) is 0.143. The van der Waals surface area contributed by atoms with E-state index in [0.29, 0.717) is 5.69 Å². The molecule has 0 fully saturated rings. The van der Waals surface area contributed by atoms with Gasteiger partial charge < -0.3 is 10.1 Å². The lowest BCUT2D eigenvalue weighted by Crippen LogP contribution is -2.16. The van der Waals surface area contributed by atoms with Crippen LogP contribution in [0.4, 0.5) is 18.9 Å². The minimum Gasteiger partial charge on any atom is -0.497 e. The van der Waals surface area contributed by atoms with E-state index in [1.54, 1.807) is 7.11 Å². The molecule has 0 bridgehead atoms. The second kappa shape index (κ2) is 7.83. The predicted octanol–water partition coefficient (Wildman–Crippen LogP) is 5.27. The van der Waals surface area contributed by atoms with E-state index in [4.69, 9.17) is 4.74 Å². The Bertz CT molecular complexity index is 1200. The van der Waals surface area contributed by atoms with Gasteiger partial charge in [-0.2, -0.15) is 13.2 Å². The van der Waals surface area contributed by atoms with Crippen LogP contribution in [0, 0.1) is 0 Å². The topological polar surface area (TPSA) is 55.6 Å². The summed E-state index contributed by atoms with van der Waals surface area (Å²) in [6.45, 7) is 0. The molecule has 0 aliphatic heterocycles. The Balaban J connectivity index is 1.51. The van der Waals surface area contributed by atoms with Crippen LogP contribution in [0.3, 0.4) is 0 Å². The summed E-state index contributed by atoms with van der Waals surface area (Å²) in [4.78, 5) is 17.7. The van der Waals surface area contributed by atoms with Gasteiger partial charge in [0.2, 0.25) is 5.91 Å². The van der Waals surface area contributed by atoms with Gasteiger partial charge >= 0.3 is 6.18 Å². The fourth-order valence-electron chi connectivity index (χ4n) is 3.00. The SMILES string of the molecule is COc1ccc(-c2cn3c(CC(=O)Nc4cccc(C(F)(F)F)c4)csc3n2)cc1. The Kier molecular flexibility index (Phi) is 5.21. The second-order valence-corrected chi connectivity index (χ2v) is 7.37. The van der Waals surface area contributed by atoms with E-state index in [1.165, 1.54) is 23.5 Å². The molecule has 0 saturated carbocycles. The molecule has 0 aliphatic rings. The number of methoxy groups -OCH3 is 1. The van der Waals surface area contributed by atoms with Gasteiger partial charge in [-0.3, -0.25) is 9.20 Å². The first-order chi connectivity index (χ1) is 14.3. The van der Waals surface area contributed by atoms with Gasteiger partial charge in [0.25, 0.3) is 0 Å². The number of alkyl halides is 3. The Morgan fingerprint density at radius 3 is 2.67 bits per heavy atom. The molecule has 0 unspecified atom stereocenters. The molecule has 0 radical (unpaired) electrons. The predicted molar refractivity (Wildman–Crippen MR) is 109 cm³/mol. The van der Waals surface area contributed by atoms with E-state index in [-0.39, 0.29) is 12.1 Å². The van der Waals surface area contributed by atoms with Gasteiger partial charge in [-0.15, -0.1) is 11.3 Å². The van der Waals surface area contributed by atoms with Gasteiger partial charge in [-0.05, 0) is 42.5 Å². The number of amides is 1. The highest BCUT2D eigenvalue weighted by molar-refractivity contribution is 7.15. The van der Waals surface area contributed by atoms with Crippen molar-refractivity contribution in [3.63, 3.8) is 0 Å². The van der Waals surface area contributed by atoms with Crippen molar-refractivity contribution < 1.29 is 22.7 Å². The lowest BCUT2D eigenvalue weighted by atomic mass is 10.1. The highest BCUT2D eigenvalue weighted by Crippen LogP contribution is 2.31. The number of halogens is 3. The lowest BCUT2D eigenvalue weighted by molar-refractivity contribution is -0.137. The number of thiazole rings is 1. The zero-order valence-electron chi connectivity index (χ0n) is 15.7. The number of hydrogen-bond acceptors (Lipinski definition) is 4. The molecule has 5 nitrogen and oxygen atoms in total. The van der Waals surface area contributed by atoms with Crippen LogP contribution in [-0.4, -0.2) is 22.4 Å². The lowest BCUT2D eigenvalue weighted by Gasteiger charge is -2.09. The first kappa shape index (κ1) is 20.0. The standard InChI is InChI=1S/C21H16F3N3O2S/c1-29-17-7-5-13(6-8-17)18-11-27-16(12-30-20(27)26-18)10-19(28)25-15-4-2-3-14(9-15)21(22,23)24/h2-9,11-12H,10H2,1H3,(H,25,28). The van der Waals surface area contributed by atoms with E-state index < -0.39 is 17.6 Å². The third kappa shape index (κ3) is 4.16. The summed E-state index contributed by atoms with van der Waals surface area (Å²) < 4.78 is 45.5. The number of carbonyl (C=O) groups is 1. The number of nitrogens with zero attached hydrogens (tertiary/aromatic N) is 2. The van der Waals surface area contributed by atoms with Gasteiger partial charge in [-0.25, -0.2) is 4.98 Å². The van der Waals surface area contributed by atoms with Crippen molar-refractivity contribution in [1.82, 2.24) is 9.38 Å². The average molecular weight is 431 g/mol. The Hall–Kier alpha value is -3.33. The van der Waals surface area contributed by atoms with E-state index in [9.17, 15) is 18.0 Å². The summed E-state index contributed by atoms with van der Waals surface area (Å²) in [5.74, 6) is 0.334. The normalized spacial score (nSPS) is 11.6. The molecule has 4 aromatic rings. The maximum atomic E-state index is 12.8. The molecule has 0 atom stereocenters. The molecule has 2 aromatic carbocycles. The second-order valence-electron chi connectivity index (χ2n) is 6.54. The monoisotopic (exact) mass is 431 g/mol. The Labute approximate surface area is 173 Å². The zero-order valence-corrected chi connectivity index (χ0v) is 16.6. The fourth-order valence-corrected chi connectivity index (χ4v) is 3.87. The summed E-state index contributed by atoms with van der Waals surface area (Å²) in [7, 11) is 1.60. The van der Waals surface area contributed by atoms with Crippen molar-refractivity contribution in [3.05, 3.63) is 71.4 Å². The summed E-state index contributed by atoms with van der Waals surface area (Å²) in [5.41, 5.74) is 1.66. The molecule has 0 spiro atoms. The van der Waals surface area contributed by atoms with E-state index in [1.807, 2.05) is 40.2 Å². The van der Waals surface area contributed by atoms with Gasteiger partial charge in [0.05, 0.1) is 24.8 Å². The number of benzene rings is 2. The van der Waals surface area contributed by atoms with Crippen LogP contribution < -0.4 is 10.1 Å². The van der Waals surface area contributed by atoms with E-state index in [2.05, 4.69) is 10.3 Å². The summed E-state index contributed by atoms with van der Waals surface area (Å²) >= 11 is 1.39. The van der Waals surface area contributed by atoms with Crippen molar-refractivity contribution in [3.8, 4) is 17.0 Å². The number of fused-ring (bicyclic) bond motifs is 1. The van der Waals surface area contributed by atoms with E-state index in [0.717, 1.165) is 34.1 Å². The third-order valence-corrected chi connectivity index (χ3v) is 5.37. The van der Waals surface area contributed by atoms with Gasteiger partial charge in [0.15, 0.2) is 4.96 Å². The number of aromatic nitrogens is 2. The van der Waals surface area contributed by atoms with E-state index >= 15 is 0 Å². The van der Waals surface area contributed by atoms with Gasteiger partial charge in [0, 0.05) is 28.5 Å². The number of imidazole rings is 1. The molecule has 2 aromatic heterocycles. The molecule has 2 heterocycles. The minimum absolute atomic E-state index is 0.00859. The average Bonchev–Trinajstić information content (AvgIpc) is 3.29. The van der Waals surface area contributed by atoms with Gasteiger partial charge in [-0.1, -0.05) is 6.07 Å². The molecular weight excluding hydrogens is 415 g/mol. The first-order valence-electron chi connectivity index (χ1n) is 8.90. The maximum Gasteiger partial charge on any atom is 0.416 e. The summed E-state index contributed by atoms with van der Waals surface area (Å²) in [6, 6.07) is 12.0. The molecule has 154 valence electrons. The molecule has 4 rings (SSSR count). The first-order valence-corrected chi connectivity index (χ1v) is 9.78. The molecule has 0 saturated heterocycles. The maximum absolute atomic E-state index is 12.8. The molecule has 9 heteroatoms. The number of ether oxygens (including phenoxy) is 1. The number of anilines is 1. The number of carbonyl (C=O) groups excluding carboxylic acids is 1. The summed E-state index contributed by atoms with van der Waals surface area (Å²) in [6.07, 6.45) is -2.62. The molecule has 30 heavy (non-hydrogen) atoms. The molecular formula is C21H16F3N3O2S. The summed E-state index contributed by atoms with van der Waals surface area (Å²) in [5, 5.41) is 4.34. The van der Waals surface area contributed by atoms with Crippen LogP contribution in [0.2, 0.25) is 0 Å². The third-order valence-electron chi connectivity index (χ3n) is 4.48. The van der Waals surface area contributed by atoms with Crippen molar-refractivity contribution in [2.24, 2.45) is 0 Å². The van der Waals surface area contributed by atoms with Crippen LogP contribution in [0.25, 0.3) is 16.2 Å². The molecule has 1 amide bonds. The number of rotatable bonds is 5. The van der Waals surface area contributed by atoms with Crippen molar-refractivity contribution in [1.29, 1.82) is 0 Å². The largest absolute Gasteiger partial charge is 0.497 e. The highest BCUT2D eigenvalue weighted by Gasteiger charge is 2.30. The minimum atomic E-state index is -4.46. The number of hydrogen-bond donors (Lipinski definition) is 1. The van der Waals surface area contributed by atoms with Crippen LogP contribution >= 0.6 is 11.3 Å². The Morgan fingerprint density at radius 1 is 1.20 bits per heavy atom. The molecule has 1 N–H and O–H groups in total. The van der Waals surface area contributed by atoms with Gasteiger partial charge in [0.1, 0.15) is 5.75 Å². The highest BCUT2D eigenvalue weighted by atomic mass is 32.1. The van der Waals surface area contributed by atoms with Crippen LogP contribution in [0.5, 0.6) is 5.75 Å². The molecule has 0 aliphatic carbocycles. The van der Waals surface area contributed by atoms with Crippen LogP contribution in [0.1, 0.15) is 11.3 Å². The van der Waals surface area contributed by atoms with Crippen LogP contribution in [0.15, 0.2) is 60.1 Å². The zero-order chi connectivity index (χ0) is 21.3. The van der Waals surface area contributed by atoms with Crippen molar-refractivity contribution in [2.75, 3.05) is 12.4 Å².